The quantitative estimate of drug-likeness (QED) is 0.150. The van der Waals surface area contributed by atoms with Gasteiger partial charge in [0.2, 0.25) is 0 Å². The fraction of sp³-hybridized carbons (Fsp3) is 0.0727. The predicted molar refractivity (Wildman–Crippen MR) is 480 cm³/mol. The highest BCUT2D eigenvalue weighted by Crippen LogP contribution is 2.67. The summed E-state index contributed by atoms with van der Waals surface area (Å²) in [5.74, 6) is 5.66. The summed E-state index contributed by atoms with van der Waals surface area (Å²) in [5.41, 5.74) is 31.8. The van der Waals surface area contributed by atoms with Crippen LogP contribution < -0.4 is 4.74 Å². The molecule has 0 saturated carbocycles. The van der Waals surface area contributed by atoms with E-state index >= 15 is 0 Å². The Morgan fingerprint density at radius 2 is 0.559 bits per heavy atom. The summed E-state index contributed by atoms with van der Waals surface area (Å²) in [6.07, 6.45) is 0. The zero-order valence-corrected chi connectivity index (χ0v) is 66.1. The van der Waals surface area contributed by atoms with Crippen LogP contribution in [0.2, 0.25) is 0 Å². The molecule has 4 aliphatic carbocycles. The van der Waals surface area contributed by atoms with Crippen LogP contribution in [0, 0.1) is 0 Å². The Balaban J connectivity index is 0.000000138. The minimum Gasteiger partial charge on any atom is -0.456 e. The Labute approximate surface area is 689 Å². The van der Waals surface area contributed by atoms with Gasteiger partial charge in [-0.05, 0) is 142 Å². The molecule has 0 N–H and O–H groups in total. The minimum absolute atomic E-state index is 0.267. The maximum atomic E-state index is 7.19. The van der Waals surface area contributed by atoms with Gasteiger partial charge in [0.1, 0.15) is 11.5 Å². The Hall–Kier alpha value is -14.4. The largest absolute Gasteiger partial charge is 0.456 e. The van der Waals surface area contributed by atoms with Gasteiger partial charge in [-0.25, -0.2) is 29.9 Å². The van der Waals surface area contributed by atoms with Crippen LogP contribution in [0.4, 0.5) is 0 Å². The van der Waals surface area contributed by atoms with Gasteiger partial charge in [-0.15, -0.1) is 11.3 Å². The fourth-order valence-electron chi connectivity index (χ4n) is 20.3. The molecule has 2 spiro atoms. The number of nitrogens with zero attached hydrogens (tertiary/aromatic N) is 6. The Morgan fingerprint density at radius 1 is 0.229 bits per heavy atom. The van der Waals surface area contributed by atoms with E-state index in [2.05, 4.69) is 355 Å². The third kappa shape index (κ3) is 10.3. The van der Waals surface area contributed by atoms with Crippen molar-refractivity contribution in [3.8, 4) is 135 Å². The number of hydrogen-bond acceptors (Lipinski definition) is 8. The summed E-state index contributed by atoms with van der Waals surface area (Å²) >= 11 is 1.87. The molecule has 5 aliphatic rings. The lowest BCUT2D eigenvalue weighted by Gasteiger charge is -2.47. The van der Waals surface area contributed by atoms with Crippen LogP contribution in [0.25, 0.3) is 144 Å². The Morgan fingerprint density at radius 3 is 1.05 bits per heavy atom. The lowest BCUT2D eigenvalue weighted by atomic mass is 9.55. The van der Waals surface area contributed by atoms with E-state index in [-0.39, 0.29) is 10.8 Å². The van der Waals surface area contributed by atoms with E-state index in [1.165, 1.54) is 115 Å². The van der Waals surface area contributed by atoms with Crippen molar-refractivity contribution in [1.29, 1.82) is 0 Å². The highest BCUT2D eigenvalue weighted by Gasteiger charge is 2.56. The van der Waals surface area contributed by atoms with Gasteiger partial charge in [0.15, 0.2) is 34.9 Å². The van der Waals surface area contributed by atoms with Crippen molar-refractivity contribution in [3.05, 3.63) is 443 Å². The molecule has 24 rings (SSSR count). The van der Waals surface area contributed by atoms with Crippen molar-refractivity contribution in [2.24, 2.45) is 0 Å². The van der Waals surface area contributed by atoms with Crippen LogP contribution >= 0.6 is 11.3 Å². The number of benzene rings is 16. The van der Waals surface area contributed by atoms with Crippen molar-refractivity contribution in [2.75, 3.05) is 0 Å². The van der Waals surface area contributed by atoms with E-state index in [4.69, 9.17) is 34.6 Å². The third-order valence-corrected chi connectivity index (χ3v) is 26.8. The minimum atomic E-state index is -0.541. The molecular weight excluding hydrogens is 1450 g/mol. The van der Waals surface area contributed by atoms with E-state index < -0.39 is 10.8 Å². The second-order valence-electron chi connectivity index (χ2n) is 32.6. The number of thiophene rings is 1. The summed E-state index contributed by atoms with van der Waals surface area (Å²) in [4.78, 5) is 30.8. The first-order valence-corrected chi connectivity index (χ1v) is 41.4. The first-order valence-electron chi connectivity index (χ1n) is 40.5. The standard InChI is InChI=1S/C55H37N3O.C55H37N3S/c1-54(2)42-30-29-38(53-57-51(36-17-7-4-8-18-36)56-52(58-53)37-27-25-35(26-28-37)34-15-5-3-6-16-34)33-41(42)49-46(54)31-32-47-50(49)59-48-24-14-13-23-45(48)55(47)43-21-11-9-19-39(43)40-20-10-12-22-44(40)55;1-54(2)44-23-13-14-24-45(44)55(42-21-11-9-19-39(42)40-20-10-12-22-43(40)55)46-30-32-48-49(50(46)54)41-33-38(29-31-47(41)59-48)53-57-51(36-17-7-4-8-18-36)56-52(58-53)37-27-25-35(26-28-37)34-15-5-3-6-16-34/h2*3-33H,1-2H3. The van der Waals surface area contributed by atoms with Crippen LogP contribution in [-0.2, 0) is 21.7 Å². The maximum Gasteiger partial charge on any atom is 0.164 e. The second-order valence-corrected chi connectivity index (χ2v) is 33.7. The zero-order valence-electron chi connectivity index (χ0n) is 65.3. The molecule has 556 valence electrons. The van der Waals surface area contributed by atoms with E-state index in [1.54, 1.807) is 0 Å². The van der Waals surface area contributed by atoms with Gasteiger partial charge in [0.05, 0.1) is 10.8 Å². The average molecular weight is 1530 g/mol. The third-order valence-electron chi connectivity index (χ3n) is 25.6. The highest BCUT2D eigenvalue weighted by molar-refractivity contribution is 7.25. The molecule has 118 heavy (non-hydrogen) atoms. The van der Waals surface area contributed by atoms with Gasteiger partial charge < -0.3 is 4.74 Å². The fourth-order valence-corrected chi connectivity index (χ4v) is 21.4. The molecule has 1 aliphatic heterocycles. The van der Waals surface area contributed by atoms with Crippen molar-refractivity contribution < 1.29 is 4.74 Å². The molecule has 0 amide bonds. The number of ether oxygens (including phenoxy) is 1. The van der Waals surface area contributed by atoms with Gasteiger partial charge in [-0.2, -0.15) is 0 Å². The van der Waals surface area contributed by atoms with Crippen molar-refractivity contribution in [1.82, 2.24) is 29.9 Å². The molecule has 16 aromatic carbocycles. The number of para-hydroxylation sites is 1. The Bertz CT molecular complexity index is 7230. The number of fused-ring (bicyclic) bond motifs is 26. The molecule has 0 radical (unpaired) electrons. The number of rotatable bonds is 8. The summed E-state index contributed by atoms with van der Waals surface area (Å²) in [7, 11) is 0. The zero-order chi connectivity index (χ0) is 78.6. The van der Waals surface area contributed by atoms with Gasteiger partial charge in [0, 0.05) is 81.1 Å². The summed E-state index contributed by atoms with van der Waals surface area (Å²) < 4.78 is 9.73. The molecule has 0 saturated heterocycles. The highest BCUT2D eigenvalue weighted by atomic mass is 32.1. The molecule has 8 heteroatoms. The van der Waals surface area contributed by atoms with Crippen molar-refractivity contribution in [3.63, 3.8) is 0 Å². The molecule has 0 fully saturated rings. The monoisotopic (exact) mass is 1530 g/mol. The lowest BCUT2D eigenvalue weighted by Crippen LogP contribution is -2.40. The van der Waals surface area contributed by atoms with Crippen LogP contribution in [0.3, 0.4) is 0 Å². The van der Waals surface area contributed by atoms with Crippen LogP contribution in [0.15, 0.2) is 376 Å². The first-order chi connectivity index (χ1) is 58.0. The maximum absolute atomic E-state index is 7.19. The lowest BCUT2D eigenvalue weighted by molar-refractivity contribution is 0.437. The predicted octanol–water partition coefficient (Wildman–Crippen LogP) is 27.2. The van der Waals surface area contributed by atoms with E-state index in [0.717, 1.165) is 72.7 Å². The molecule has 3 aromatic heterocycles. The van der Waals surface area contributed by atoms with Crippen molar-refractivity contribution >= 4 is 31.5 Å². The van der Waals surface area contributed by atoms with E-state index in [1.807, 2.05) is 59.9 Å². The summed E-state index contributed by atoms with van der Waals surface area (Å²) in [6, 6.07) is 135. The first kappa shape index (κ1) is 69.1. The molecule has 4 heterocycles. The summed E-state index contributed by atoms with van der Waals surface area (Å²) in [5, 5.41) is 2.55. The smallest absolute Gasteiger partial charge is 0.164 e. The van der Waals surface area contributed by atoms with E-state index in [0.29, 0.717) is 34.9 Å². The summed E-state index contributed by atoms with van der Waals surface area (Å²) in [6.45, 7) is 9.49. The van der Waals surface area contributed by atoms with Crippen LogP contribution in [0.5, 0.6) is 11.5 Å². The van der Waals surface area contributed by atoms with Crippen LogP contribution in [0.1, 0.15) is 94.5 Å². The Kier molecular flexibility index (Phi) is 15.6. The average Bonchev–Trinajstić information content (AvgIpc) is 1.44. The van der Waals surface area contributed by atoms with E-state index in [9.17, 15) is 0 Å². The van der Waals surface area contributed by atoms with Gasteiger partial charge >= 0.3 is 0 Å². The SMILES string of the molecule is CC1(C)c2ccc(-c3nc(-c4ccccc4)nc(-c4ccc(-c5ccccc5)cc4)n3)cc2-c2c1ccc1c2Oc2ccccc2C12c1ccccc1-c1ccccc12.CC1(C)c2ccccc2C2(c3ccccc3-c3ccccc32)c2ccc3sc4ccc(-c5nc(-c6ccccc6)nc(-c6ccc(-c7ccccc7)cc6)n5)cc4c3c21. The van der Waals surface area contributed by atoms with Gasteiger partial charge in [-0.1, -0.05) is 367 Å². The normalized spacial score (nSPS) is 14.3. The topological polar surface area (TPSA) is 86.6 Å². The van der Waals surface area contributed by atoms with Crippen LogP contribution in [-0.4, -0.2) is 29.9 Å². The van der Waals surface area contributed by atoms with Gasteiger partial charge in [0.25, 0.3) is 0 Å². The number of hydrogen-bond donors (Lipinski definition) is 0. The molecule has 7 nitrogen and oxygen atoms in total. The van der Waals surface area contributed by atoms with Gasteiger partial charge in [-0.3, -0.25) is 0 Å². The molecular formula is C110H74N6OS. The molecule has 0 bridgehead atoms. The molecule has 19 aromatic rings. The molecule has 0 unspecified atom stereocenters. The van der Waals surface area contributed by atoms with Crippen molar-refractivity contribution in [2.45, 2.75) is 49.4 Å². The molecule has 0 atom stereocenters. The number of aromatic nitrogens is 6. The second kappa shape index (κ2) is 26.6.